The van der Waals surface area contributed by atoms with Crippen molar-refractivity contribution in [2.75, 3.05) is 13.1 Å². The number of carbonyl (C=O) groups is 2. The van der Waals surface area contributed by atoms with E-state index in [2.05, 4.69) is 4.98 Å². The SMILES string of the molecule is CCN(CC(=O)O)C(=O)c1ccc(C(F)(F)F)nc1C. The van der Waals surface area contributed by atoms with Crippen LogP contribution in [0.2, 0.25) is 0 Å². The summed E-state index contributed by atoms with van der Waals surface area (Å²) in [4.78, 5) is 27.0. The van der Waals surface area contributed by atoms with Crippen LogP contribution < -0.4 is 0 Å². The molecule has 0 aliphatic heterocycles. The van der Waals surface area contributed by atoms with Gasteiger partial charge in [-0.15, -0.1) is 0 Å². The second kappa shape index (κ2) is 5.89. The Balaban J connectivity index is 3.08. The van der Waals surface area contributed by atoms with Gasteiger partial charge in [0.25, 0.3) is 5.91 Å². The monoisotopic (exact) mass is 290 g/mol. The molecule has 20 heavy (non-hydrogen) atoms. The van der Waals surface area contributed by atoms with E-state index in [0.717, 1.165) is 11.0 Å². The number of carbonyl (C=O) groups excluding carboxylic acids is 1. The van der Waals surface area contributed by atoms with Crippen molar-refractivity contribution in [1.82, 2.24) is 9.88 Å². The van der Waals surface area contributed by atoms with E-state index in [0.29, 0.717) is 6.07 Å². The number of nitrogens with zero attached hydrogens (tertiary/aromatic N) is 2. The normalized spacial score (nSPS) is 11.2. The molecular formula is C12H13F3N2O3. The third-order valence-electron chi connectivity index (χ3n) is 2.60. The molecule has 0 saturated heterocycles. The number of pyridine rings is 1. The molecule has 1 heterocycles. The minimum absolute atomic E-state index is 0.0406. The Labute approximate surface area is 113 Å². The largest absolute Gasteiger partial charge is 0.480 e. The van der Waals surface area contributed by atoms with E-state index < -0.39 is 30.3 Å². The Morgan fingerprint density at radius 1 is 1.35 bits per heavy atom. The fraction of sp³-hybridized carbons (Fsp3) is 0.417. The lowest BCUT2D eigenvalue weighted by atomic mass is 10.1. The van der Waals surface area contributed by atoms with Crippen LogP contribution in [0.5, 0.6) is 0 Å². The molecule has 5 nitrogen and oxygen atoms in total. The molecule has 0 saturated carbocycles. The van der Waals surface area contributed by atoms with Gasteiger partial charge in [-0.05, 0) is 26.0 Å². The smallest absolute Gasteiger partial charge is 0.433 e. The maximum absolute atomic E-state index is 12.5. The van der Waals surface area contributed by atoms with Gasteiger partial charge in [-0.1, -0.05) is 0 Å². The number of carboxylic acids is 1. The van der Waals surface area contributed by atoms with Gasteiger partial charge in [0.2, 0.25) is 0 Å². The zero-order valence-corrected chi connectivity index (χ0v) is 10.9. The molecule has 1 amide bonds. The quantitative estimate of drug-likeness (QED) is 0.920. The minimum atomic E-state index is -4.59. The first-order valence-electron chi connectivity index (χ1n) is 5.72. The van der Waals surface area contributed by atoms with Crippen LogP contribution >= 0.6 is 0 Å². The second-order valence-electron chi connectivity index (χ2n) is 4.04. The maximum Gasteiger partial charge on any atom is 0.433 e. The average molecular weight is 290 g/mol. The Bertz CT molecular complexity index is 529. The van der Waals surface area contributed by atoms with Gasteiger partial charge in [-0.2, -0.15) is 13.2 Å². The van der Waals surface area contributed by atoms with Crippen molar-refractivity contribution in [2.24, 2.45) is 0 Å². The predicted molar refractivity (Wildman–Crippen MR) is 63.2 cm³/mol. The van der Waals surface area contributed by atoms with Crippen LogP contribution in [0.15, 0.2) is 12.1 Å². The number of alkyl halides is 3. The second-order valence-corrected chi connectivity index (χ2v) is 4.04. The average Bonchev–Trinajstić information content (AvgIpc) is 2.33. The maximum atomic E-state index is 12.5. The van der Waals surface area contributed by atoms with Gasteiger partial charge >= 0.3 is 12.1 Å². The fourth-order valence-corrected chi connectivity index (χ4v) is 1.61. The lowest BCUT2D eigenvalue weighted by molar-refractivity contribution is -0.141. The van der Waals surface area contributed by atoms with Gasteiger partial charge in [0.15, 0.2) is 0 Å². The third-order valence-corrected chi connectivity index (χ3v) is 2.60. The Kier molecular flexibility index (Phi) is 4.69. The number of carboxylic acid groups (broad SMARTS) is 1. The van der Waals surface area contributed by atoms with Crippen molar-refractivity contribution in [2.45, 2.75) is 20.0 Å². The topological polar surface area (TPSA) is 70.5 Å². The molecule has 0 aliphatic rings. The Morgan fingerprint density at radius 2 is 1.95 bits per heavy atom. The first kappa shape index (κ1) is 15.9. The Hall–Kier alpha value is -2.12. The van der Waals surface area contributed by atoms with Crippen molar-refractivity contribution in [3.63, 3.8) is 0 Å². The van der Waals surface area contributed by atoms with Crippen LogP contribution in [0.1, 0.15) is 28.7 Å². The summed E-state index contributed by atoms with van der Waals surface area (Å²) in [6.07, 6.45) is -4.59. The van der Waals surface area contributed by atoms with Crippen molar-refractivity contribution in [3.8, 4) is 0 Å². The van der Waals surface area contributed by atoms with Gasteiger partial charge in [0, 0.05) is 6.54 Å². The van der Waals surface area contributed by atoms with E-state index in [-0.39, 0.29) is 17.8 Å². The molecule has 1 N–H and O–H groups in total. The summed E-state index contributed by atoms with van der Waals surface area (Å²) in [6, 6.07) is 1.72. The van der Waals surface area contributed by atoms with Gasteiger partial charge in [-0.25, -0.2) is 4.98 Å². The van der Waals surface area contributed by atoms with Crippen molar-refractivity contribution in [3.05, 3.63) is 29.1 Å². The van der Waals surface area contributed by atoms with Gasteiger partial charge in [0.1, 0.15) is 12.2 Å². The lowest BCUT2D eigenvalue weighted by Crippen LogP contribution is -2.36. The number of hydrogen-bond acceptors (Lipinski definition) is 3. The zero-order chi connectivity index (χ0) is 15.5. The van der Waals surface area contributed by atoms with Crippen LogP contribution in [0.4, 0.5) is 13.2 Å². The highest BCUT2D eigenvalue weighted by Crippen LogP contribution is 2.28. The molecule has 110 valence electrons. The van der Waals surface area contributed by atoms with Crippen molar-refractivity contribution < 1.29 is 27.9 Å². The summed E-state index contributed by atoms with van der Waals surface area (Å²) in [5, 5.41) is 8.67. The van der Waals surface area contributed by atoms with Gasteiger partial charge in [-0.3, -0.25) is 9.59 Å². The first-order chi connectivity index (χ1) is 9.16. The van der Waals surface area contributed by atoms with E-state index in [1.165, 1.54) is 6.92 Å². The summed E-state index contributed by atoms with van der Waals surface area (Å²) in [6.45, 7) is 2.46. The number of hydrogen-bond donors (Lipinski definition) is 1. The summed E-state index contributed by atoms with van der Waals surface area (Å²) >= 11 is 0. The number of amides is 1. The molecule has 0 bridgehead atoms. The summed E-state index contributed by atoms with van der Waals surface area (Å²) in [7, 11) is 0. The highest BCUT2D eigenvalue weighted by Gasteiger charge is 2.33. The molecule has 0 radical (unpaired) electrons. The predicted octanol–water partition coefficient (Wildman–Crippen LogP) is 1.96. The van der Waals surface area contributed by atoms with E-state index in [1.54, 1.807) is 6.92 Å². The molecule has 0 atom stereocenters. The van der Waals surface area contributed by atoms with Crippen LogP contribution in [-0.4, -0.2) is 40.0 Å². The zero-order valence-electron chi connectivity index (χ0n) is 10.9. The molecule has 1 rings (SSSR count). The minimum Gasteiger partial charge on any atom is -0.480 e. The van der Waals surface area contributed by atoms with E-state index in [9.17, 15) is 22.8 Å². The molecule has 1 aromatic rings. The van der Waals surface area contributed by atoms with E-state index in [1.807, 2.05) is 0 Å². The first-order valence-corrected chi connectivity index (χ1v) is 5.72. The van der Waals surface area contributed by atoms with Gasteiger partial charge in [0.05, 0.1) is 11.3 Å². The summed E-state index contributed by atoms with van der Waals surface area (Å²) in [5.41, 5.74) is -1.22. The number of likely N-dealkylation sites (N-methyl/N-ethyl adjacent to an activating group) is 1. The number of rotatable bonds is 4. The number of aromatic nitrogens is 1. The molecule has 0 aromatic carbocycles. The molecule has 0 aliphatic carbocycles. The van der Waals surface area contributed by atoms with E-state index >= 15 is 0 Å². The fourth-order valence-electron chi connectivity index (χ4n) is 1.61. The van der Waals surface area contributed by atoms with Crippen LogP contribution in [0.25, 0.3) is 0 Å². The number of halogens is 3. The highest BCUT2D eigenvalue weighted by molar-refractivity contribution is 5.96. The summed E-state index contributed by atoms with van der Waals surface area (Å²) in [5.74, 6) is -1.86. The van der Waals surface area contributed by atoms with Crippen LogP contribution in [0, 0.1) is 6.92 Å². The third kappa shape index (κ3) is 3.69. The number of aryl methyl sites for hydroxylation is 1. The molecule has 0 fully saturated rings. The van der Waals surface area contributed by atoms with Crippen molar-refractivity contribution in [1.29, 1.82) is 0 Å². The lowest BCUT2D eigenvalue weighted by Gasteiger charge is -2.19. The Morgan fingerprint density at radius 3 is 2.35 bits per heavy atom. The standard InChI is InChI=1S/C12H13F3N2O3/c1-3-17(6-10(18)19)11(20)8-4-5-9(12(13,14)15)16-7(8)2/h4-5H,3,6H2,1-2H3,(H,18,19). The molecule has 0 unspecified atom stereocenters. The number of aliphatic carboxylic acids is 1. The van der Waals surface area contributed by atoms with Crippen LogP contribution in [0.3, 0.4) is 0 Å². The molecular weight excluding hydrogens is 277 g/mol. The van der Waals surface area contributed by atoms with Gasteiger partial charge < -0.3 is 10.0 Å². The van der Waals surface area contributed by atoms with E-state index in [4.69, 9.17) is 5.11 Å². The van der Waals surface area contributed by atoms with Crippen molar-refractivity contribution >= 4 is 11.9 Å². The summed E-state index contributed by atoms with van der Waals surface area (Å²) < 4.78 is 37.4. The molecule has 8 heteroatoms. The van der Waals surface area contributed by atoms with Crippen LogP contribution in [-0.2, 0) is 11.0 Å². The molecule has 0 spiro atoms. The molecule has 1 aromatic heterocycles. The highest BCUT2D eigenvalue weighted by atomic mass is 19.4.